The highest BCUT2D eigenvalue weighted by molar-refractivity contribution is 9.10. The molecule has 0 aromatic heterocycles. The fraction of sp³-hybridized carbons (Fsp3) is 0.500. The predicted molar refractivity (Wildman–Crippen MR) is 76.4 cm³/mol. The van der Waals surface area contributed by atoms with E-state index >= 15 is 0 Å². The van der Waals surface area contributed by atoms with Crippen LogP contribution in [0.4, 0.5) is 0 Å². The van der Waals surface area contributed by atoms with Crippen molar-refractivity contribution in [2.24, 2.45) is 0 Å². The van der Waals surface area contributed by atoms with Gasteiger partial charge in [-0.15, -0.1) is 0 Å². The molecule has 0 spiro atoms. The summed E-state index contributed by atoms with van der Waals surface area (Å²) in [7, 11) is 1.56. The summed E-state index contributed by atoms with van der Waals surface area (Å²) in [4.78, 5) is 12.1. The maximum atomic E-state index is 12.1. The minimum absolute atomic E-state index is 0.0355. The number of benzene rings is 1. The van der Waals surface area contributed by atoms with Gasteiger partial charge in [0.2, 0.25) is 0 Å². The van der Waals surface area contributed by atoms with Crippen LogP contribution >= 0.6 is 15.9 Å². The van der Waals surface area contributed by atoms with Gasteiger partial charge in [-0.1, -0.05) is 35.0 Å². The summed E-state index contributed by atoms with van der Waals surface area (Å²) in [5.74, 6) is -0.0806. The summed E-state index contributed by atoms with van der Waals surface area (Å²) < 4.78 is 6.31. The first-order valence-electron chi connectivity index (χ1n) is 6.04. The van der Waals surface area contributed by atoms with Crippen LogP contribution in [-0.2, 0) is 9.53 Å². The molecule has 1 N–H and O–H groups in total. The van der Waals surface area contributed by atoms with Gasteiger partial charge in [-0.25, -0.2) is 0 Å². The third-order valence-corrected chi connectivity index (χ3v) is 3.85. The fourth-order valence-corrected chi connectivity index (χ4v) is 1.85. The van der Waals surface area contributed by atoms with E-state index in [1.165, 1.54) is 0 Å². The lowest BCUT2D eigenvalue weighted by Crippen LogP contribution is -2.46. The minimum Gasteiger partial charge on any atom is -0.369 e. The Morgan fingerprint density at radius 2 is 2.00 bits per heavy atom. The fourth-order valence-electron chi connectivity index (χ4n) is 1.58. The van der Waals surface area contributed by atoms with Gasteiger partial charge in [0.15, 0.2) is 0 Å². The van der Waals surface area contributed by atoms with Crippen LogP contribution < -0.4 is 5.32 Å². The Morgan fingerprint density at radius 3 is 2.44 bits per heavy atom. The van der Waals surface area contributed by atoms with E-state index in [-0.39, 0.29) is 11.9 Å². The van der Waals surface area contributed by atoms with E-state index in [2.05, 4.69) is 21.2 Å². The molecule has 3 nitrogen and oxygen atoms in total. The molecular formula is C14H20BrNO2. The summed E-state index contributed by atoms with van der Waals surface area (Å²) in [5, 5.41) is 2.98. The molecule has 1 aromatic rings. The first-order chi connectivity index (χ1) is 8.42. The molecule has 0 saturated heterocycles. The summed E-state index contributed by atoms with van der Waals surface area (Å²) in [5.41, 5.74) is 0.310. The van der Waals surface area contributed by atoms with Crippen molar-refractivity contribution in [3.8, 4) is 0 Å². The third-order valence-electron chi connectivity index (χ3n) is 3.32. The molecule has 0 heterocycles. The molecule has 0 fully saturated rings. The van der Waals surface area contributed by atoms with Crippen LogP contribution in [0.1, 0.15) is 38.8 Å². The Morgan fingerprint density at radius 1 is 1.44 bits per heavy atom. The van der Waals surface area contributed by atoms with Crippen LogP contribution in [0.5, 0.6) is 0 Å². The maximum absolute atomic E-state index is 12.1. The Kier molecular flexibility index (Phi) is 5.35. The van der Waals surface area contributed by atoms with Gasteiger partial charge in [0.25, 0.3) is 5.91 Å². The van der Waals surface area contributed by atoms with E-state index in [9.17, 15) is 4.79 Å². The van der Waals surface area contributed by atoms with Crippen LogP contribution in [0.25, 0.3) is 0 Å². The largest absolute Gasteiger partial charge is 0.369 e. The number of carbonyl (C=O) groups is 1. The second-order valence-corrected chi connectivity index (χ2v) is 5.45. The highest BCUT2D eigenvalue weighted by atomic mass is 79.9. The van der Waals surface area contributed by atoms with E-state index in [0.717, 1.165) is 10.0 Å². The van der Waals surface area contributed by atoms with Gasteiger partial charge in [0.05, 0.1) is 6.04 Å². The molecule has 4 heteroatoms. The smallest absolute Gasteiger partial charge is 0.252 e. The zero-order valence-corrected chi connectivity index (χ0v) is 12.9. The van der Waals surface area contributed by atoms with Crippen molar-refractivity contribution in [1.29, 1.82) is 0 Å². The van der Waals surface area contributed by atoms with E-state index in [1.54, 1.807) is 14.0 Å². The number of hydrogen-bond donors (Lipinski definition) is 1. The summed E-state index contributed by atoms with van der Waals surface area (Å²) >= 11 is 3.39. The molecule has 0 radical (unpaired) electrons. The summed E-state index contributed by atoms with van der Waals surface area (Å²) in [6.07, 6.45) is 0.641. The van der Waals surface area contributed by atoms with E-state index in [4.69, 9.17) is 4.74 Å². The first kappa shape index (κ1) is 15.2. The van der Waals surface area contributed by atoms with Crippen molar-refractivity contribution in [3.63, 3.8) is 0 Å². The van der Waals surface area contributed by atoms with Gasteiger partial charge in [-0.3, -0.25) is 4.79 Å². The number of methoxy groups -OCH3 is 1. The number of ether oxygens (including phenoxy) is 1. The Labute approximate surface area is 117 Å². The highest BCUT2D eigenvalue weighted by Gasteiger charge is 2.31. The number of hydrogen-bond acceptors (Lipinski definition) is 2. The predicted octanol–water partition coefficient (Wildman–Crippen LogP) is 3.44. The molecule has 0 aliphatic heterocycles. The second kappa shape index (κ2) is 6.34. The molecule has 18 heavy (non-hydrogen) atoms. The van der Waals surface area contributed by atoms with Crippen molar-refractivity contribution in [3.05, 3.63) is 34.3 Å². The van der Waals surface area contributed by atoms with Gasteiger partial charge in [0, 0.05) is 11.6 Å². The summed E-state index contributed by atoms with van der Waals surface area (Å²) in [6, 6.07) is 7.88. The van der Waals surface area contributed by atoms with Gasteiger partial charge in [-0.05, 0) is 38.0 Å². The third kappa shape index (κ3) is 3.56. The van der Waals surface area contributed by atoms with Gasteiger partial charge in [-0.2, -0.15) is 0 Å². The minimum atomic E-state index is -0.760. The monoisotopic (exact) mass is 313 g/mol. The van der Waals surface area contributed by atoms with Gasteiger partial charge in [0.1, 0.15) is 5.60 Å². The van der Waals surface area contributed by atoms with Crippen molar-refractivity contribution in [1.82, 2.24) is 5.32 Å². The Balaban J connectivity index is 2.73. The number of halogens is 1. The molecule has 2 atom stereocenters. The molecule has 0 saturated carbocycles. The lowest BCUT2D eigenvalue weighted by Gasteiger charge is -2.27. The maximum Gasteiger partial charge on any atom is 0.252 e. The lowest BCUT2D eigenvalue weighted by molar-refractivity contribution is -0.142. The summed E-state index contributed by atoms with van der Waals surface area (Å²) in [6.45, 7) is 5.71. The van der Waals surface area contributed by atoms with Crippen molar-refractivity contribution in [2.45, 2.75) is 38.8 Å². The molecular weight excluding hydrogens is 294 g/mol. The van der Waals surface area contributed by atoms with Crippen molar-refractivity contribution < 1.29 is 9.53 Å². The zero-order chi connectivity index (χ0) is 13.8. The number of amides is 1. The molecule has 1 rings (SSSR count). The molecule has 2 unspecified atom stereocenters. The second-order valence-electron chi connectivity index (χ2n) is 4.54. The standard InChI is InChI=1S/C14H20BrNO2/c1-5-14(3,18-4)13(17)16-10(2)11-6-8-12(15)9-7-11/h6-10H,5H2,1-4H3,(H,16,17). The molecule has 0 bridgehead atoms. The average molecular weight is 314 g/mol. The topological polar surface area (TPSA) is 38.3 Å². The number of carbonyl (C=O) groups excluding carboxylic acids is 1. The zero-order valence-electron chi connectivity index (χ0n) is 11.3. The van der Waals surface area contributed by atoms with Crippen LogP contribution in [-0.4, -0.2) is 18.6 Å². The van der Waals surface area contributed by atoms with E-state index < -0.39 is 5.60 Å². The molecule has 1 amide bonds. The molecule has 0 aliphatic rings. The van der Waals surface area contributed by atoms with Crippen LogP contribution in [0.15, 0.2) is 28.7 Å². The lowest BCUT2D eigenvalue weighted by atomic mass is 10.0. The molecule has 100 valence electrons. The number of nitrogens with one attached hydrogen (secondary N) is 1. The van der Waals surface area contributed by atoms with Gasteiger partial charge >= 0.3 is 0 Å². The quantitative estimate of drug-likeness (QED) is 0.904. The Bertz CT molecular complexity index is 399. The average Bonchev–Trinajstić information content (AvgIpc) is 2.38. The van der Waals surface area contributed by atoms with Crippen molar-refractivity contribution >= 4 is 21.8 Å². The molecule has 1 aromatic carbocycles. The van der Waals surface area contributed by atoms with E-state index in [0.29, 0.717) is 6.42 Å². The van der Waals surface area contributed by atoms with Crippen LogP contribution in [0.2, 0.25) is 0 Å². The van der Waals surface area contributed by atoms with Crippen molar-refractivity contribution in [2.75, 3.05) is 7.11 Å². The Hall–Kier alpha value is -0.870. The first-order valence-corrected chi connectivity index (χ1v) is 6.84. The highest BCUT2D eigenvalue weighted by Crippen LogP contribution is 2.19. The van der Waals surface area contributed by atoms with Crippen LogP contribution in [0, 0.1) is 0 Å². The normalized spacial score (nSPS) is 15.8. The SMILES string of the molecule is CCC(C)(OC)C(=O)NC(C)c1ccc(Br)cc1. The van der Waals surface area contributed by atoms with E-state index in [1.807, 2.05) is 38.1 Å². The molecule has 0 aliphatic carbocycles. The van der Waals surface area contributed by atoms with Crippen LogP contribution in [0.3, 0.4) is 0 Å². The van der Waals surface area contributed by atoms with Gasteiger partial charge < -0.3 is 10.1 Å². The number of rotatable bonds is 5.